The highest BCUT2D eigenvalue weighted by Gasteiger charge is 2.41. The number of nitrogens with zero attached hydrogens (tertiary/aromatic N) is 1. The van der Waals surface area contributed by atoms with Gasteiger partial charge in [-0.25, -0.2) is 0 Å². The number of benzene rings is 1. The molecule has 0 saturated heterocycles. The van der Waals surface area contributed by atoms with Crippen LogP contribution in [-0.2, 0) is 5.41 Å². The summed E-state index contributed by atoms with van der Waals surface area (Å²) in [4.78, 5) is 2.21. The zero-order chi connectivity index (χ0) is 13.0. The van der Waals surface area contributed by atoms with E-state index in [0.29, 0.717) is 0 Å². The van der Waals surface area contributed by atoms with Crippen molar-refractivity contribution in [3.63, 3.8) is 0 Å². The SMILES string of the molecule is CCN(CC)C(=N)C1(c2ccccc2)CCCC1. The fourth-order valence-corrected chi connectivity index (χ4v) is 3.24. The van der Waals surface area contributed by atoms with E-state index in [4.69, 9.17) is 5.41 Å². The second-order valence-corrected chi connectivity index (χ2v) is 5.18. The Balaban J connectivity index is 2.36. The zero-order valence-electron chi connectivity index (χ0n) is 11.6. The molecule has 0 atom stereocenters. The Morgan fingerprint density at radius 3 is 2.17 bits per heavy atom. The number of amidine groups is 1. The first-order valence-corrected chi connectivity index (χ1v) is 7.14. The minimum absolute atomic E-state index is 0.0206. The molecule has 2 heteroatoms. The molecule has 2 nitrogen and oxygen atoms in total. The van der Waals surface area contributed by atoms with Gasteiger partial charge in [0.05, 0.1) is 5.41 Å². The van der Waals surface area contributed by atoms with E-state index in [0.717, 1.165) is 31.8 Å². The third-order valence-electron chi connectivity index (χ3n) is 4.32. The van der Waals surface area contributed by atoms with Gasteiger partial charge in [0.15, 0.2) is 0 Å². The number of rotatable bonds is 4. The highest BCUT2D eigenvalue weighted by atomic mass is 15.2. The predicted molar refractivity (Wildman–Crippen MR) is 77.2 cm³/mol. The van der Waals surface area contributed by atoms with Crippen LogP contribution >= 0.6 is 0 Å². The van der Waals surface area contributed by atoms with Crippen molar-refractivity contribution in [1.29, 1.82) is 5.41 Å². The van der Waals surface area contributed by atoms with Crippen LogP contribution in [0.15, 0.2) is 30.3 Å². The average Bonchev–Trinajstić information content (AvgIpc) is 2.91. The third kappa shape index (κ3) is 2.16. The first-order chi connectivity index (χ1) is 8.74. The summed E-state index contributed by atoms with van der Waals surface area (Å²) in [7, 11) is 0. The number of likely N-dealkylation sites (N-methyl/N-ethyl adjacent to an activating group) is 1. The summed E-state index contributed by atoms with van der Waals surface area (Å²) in [6.07, 6.45) is 4.76. The molecule has 0 aromatic heterocycles. The van der Waals surface area contributed by atoms with Crippen molar-refractivity contribution in [2.24, 2.45) is 0 Å². The Morgan fingerprint density at radius 1 is 1.11 bits per heavy atom. The topological polar surface area (TPSA) is 27.1 Å². The van der Waals surface area contributed by atoms with Crippen molar-refractivity contribution < 1.29 is 0 Å². The third-order valence-corrected chi connectivity index (χ3v) is 4.32. The van der Waals surface area contributed by atoms with Crippen molar-refractivity contribution in [3.8, 4) is 0 Å². The van der Waals surface area contributed by atoms with Gasteiger partial charge >= 0.3 is 0 Å². The predicted octanol–water partition coefficient (Wildman–Crippen LogP) is 3.82. The maximum Gasteiger partial charge on any atom is 0.107 e. The minimum Gasteiger partial charge on any atom is -0.360 e. The molecule has 1 fully saturated rings. The van der Waals surface area contributed by atoms with E-state index in [2.05, 4.69) is 49.1 Å². The highest BCUT2D eigenvalue weighted by molar-refractivity contribution is 5.91. The fraction of sp³-hybridized carbons (Fsp3) is 0.562. The lowest BCUT2D eigenvalue weighted by atomic mass is 9.77. The van der Waals surface area contributed by atoms with Gasteiger partial charge in [-0.15, -0.1) is 0 Å². The number of nitrogens with one attached hydrogen (secondary N) is 1. The van der Waals surface area contributed by atoms with Gasteiger partial charge in [0.2, 0.25) is 0 Å². The zero-order valence-corrected chi connectivity index (χ0v) is 11.6. The summed E-state index contributed by atoms with van der Waals surface area (Å²) in [6.45, 7) is 6.16. The van der Waals surface area contributed by atoms with Crippen molar-refractivity contribution in [1.82, 2.24) is 4.90 Å². The summed E-state index contributed by atoms with van der Waals surface area (Å²) in [5, 5.41) is 8.65. The van der Waals surface area contributed by atoms with Crippen LogP contribution in [0.4, 0.5) is 0 Å². The van der Waals surface area contributed by atoms with Crippen molar-refractivity contribution >= 4 is 5.84 Å². The molecule has 1 aromatic carbocycles. The average molecular weight is 244 g/mol. The van der Waals surface area contributed by atoms with E-state index in [-0.39, 0.29) is 5.41 Å². The molecule has 2 rings (SSSR count). The second-order valence-electron chi connectivity index (χ2n) is 5.18. The van der Waals surface area contributed by atoms with Crippen LogP contribution in [0.3, 0.4) is 0 Å². The molecule has 0 spiro atoms. The van der Waals surface area contributed by atoms with E-state index >= 15 is 0 Å². The smallest absolute Gasteiger partial charge is 0.107 e. The largest absolute Gasteiger partial charge is 0.360 e. The summed E-state index contributed by atoms with van der Waals surface area (Å²) in [5.41, 5.74) is 1.31. The standard InChI is InChI=1S/C16H24N2/c1-3-18(4-2)15(17)16(12-8-9-13-16)14-10-6-5-7-11-14/h5-7,10-11,17H,3-4,8-9,12-13H2,1-2H3. The molecule has 1 N–H and O–H groups in total. The van der Waals surface area contributed by atoms with Crippen molar-refractivity contribution in [3.05, 3.63) is 35.9 Å². The summed E-state index contributed by atoms with van der Waals surface area (Å²) in [5.74, 6) is 0.830. The van der Waals surface area contributed by atoms with Crippen molar-refractivity contribution in [2.75, 3.05) is 13.1 Å². The van der Waals surface area contributed by atoms with Crippen LogP contribution in [0, 0.1) is 5.41 Å². The summed E-state index contributed by atoms with van der Waals surface area (Å²) >= 11 is 0. The lowest BCUT2D eigenvalue weighted by Gasteiger charge is -2.37. The van der Waals surface area contributed by atoms with Gasteiger partial charge in [0.1, 0.15) is 5.84 Å². The molecule has 0 radical (unpaired) electrons. The molecular formula is C16H24N2. The molecule has 0 bridgehead atoms. The fourth-order valence-electron chi connectivity index (χ4n) is 3.24. The van der Waals surface area contributed by atoms with Crippen LogP contribution in [0.5, 0.6) is 0 Å². The van der Waals surface area contributed by atoms with Gasteiger partial charge in [-0.2, -0.15) is 0 Å². The van der Waals surface area contributed by atoms with Gasteiger partial charge in [-0.1, -0.05) is 43.2 Å². The maximum atomic E-state index is 8.65. The quantitative estimate of drug-likeness (QED) is 0.632. The van der Waals surface area contributed by atoms with E-state index in [1.165, 1.54) is 18.4 Å². The Labute approximate surface area is 111 Å². The molecule has 18 heavy (non-hydrogen) atoms. The van der Waals surface area contributed by atoms with E-state index in [1.54, 1.807) is 0 Å². The molecule has 0 unspecified atom stereocenters. The second kappa shape index (κ2) is 5.55. The molecule has 0 amide bonds. The highest BCUT2D eigenvalue weighted by Crippen LogP contribution is 2.42. The summed E-state index contributed by atoms with van der Waals surface area (Å²) < 4.78 is 0. The molecule has 1 saturated carbocycles. The van der Waals surface area contributed by atoms with Gasteiger partial charge in [0.25, 0.3) is 0 Å². The first kappa shape index (κ1) is 13.1. The normalized spacial score (nSPS) is 17.7. The Kier molecular flexibility index (Phi) is 4.05. The molecular weight excluding hydrogens is 220 g/mol. The van der Waals surface area contributed by atoms with E-state index < -0.39 is 0 Å². The van der Waals surface area contributed by atoms with E-state index in [9.17, 15) is 0 Å². The molecule has 1 aliphatic rings. The Hall–Kier alpha value is -1.31. The minimum atomic E-state index is -0.0206. The van der Waals surface area contributed by atoms with Crippen molar-refractivity contribution in [2.45, 2.75) is 44.9 Å². The van der Waals surface area contributed by atoms with Gasteiger partial charge in [-0.3, -0.25) is 5.41 Å². The molecule has 0 heterocycles. The first-order valence-electron chi connectivity index (χ1n) is 7.14. The Morgan fingerprint density at radius 2 is 1.67 bits per heavy atom. The van der Waals surface area contributed by atoms with Crippen LogP contribution < -0.4 is 0 Å². The maximum absolute atomic E-state index is 8.65. The molecule has 0 aliphatic heterocycles. The van der Waals surface area contributed by atoms with Gasteiger partial charge in [0, 0.05) is 13.1 Å². The van der Waals surface area contributed by atoms with E-state index in [1.807, 2.05) is 0 Å². The number of hydrogen-bond donors (Lipinski definition) is 1. The van der Waals surface area contributed by atoms with Crippen LogP contribution in [0.25, 0.3) is 0 Å². The lowest BCUT2D eigenvalue weighted by molar-refractivity contribution is 0.405. The lowest BCUT2D eigenvalue weighted by Crippen LogP contribution is -2.44. The van der Waals surface area contributed by atoms with Crippen LogP contribution in [0.1, 0.15) is 45.1 Å². The van der Waals surface area contributed by atoms with Crippen LogP contribution in [0.2, 0.25) is 0 Å². The monoisotopic (exact) mass is 244 g/mol. The van der Waals surface area contributed by atoms with Gasteiger partial charge < -0.3 is 4.90 Å². The molecule has 98 valence electrons. The molecule has 1 aromatic rings. The van der Waals surface area contributed by atoms with Crippen LogP contribution in [-0.4, -0.2) is 23.8 Å². The summed E-state index contributed by atoms with van der Waals surface area (Å²) in [6, 6.07) is 10.7. The number of hydrogen-bond acceptors (Lipinski definition) is 1. The molecule has 1 aliphatic carbocycles. The Bertz CT molecular complexity index is 387. The van der Waals surface area contributed by atoms with Gasteiger partial charge in [-0.05, 0) is 32.3 Å².